The SMILES string of the molecule is Cl.Nc1[nH]nc2c1CCN(c1ccccc1)C2. The molecule has 0 aliphatic carbocycles. The van der Waals surface area contributed by atoms with Gasteiger partial charge in [0.2, 0.25) is 0 Å². The molecular formula is C12H15ClN4. The van der Waals surface area contributed by atoms with Gasteiger partial charge in [0.05, 0.1) is 12.2 Å². The molecule has 3 N–H and O–H groups in total. The van der Waals surface area contributed by atoms with Gasteiger partial charge in [0, 0.05) is 17.8 Å². The Bertz CT molecular complexity index is 494. The maximum Gasteiger partial charge on any atom is 0.122 e. The first-order valence-corrected chi connectivity index (χ1v) is 5.46. The summed E-state index contributed by atoms with van der Waals surface area (Å²) in [6.45, 7) is 1.84. The van der Waals surface area contributed by atoms with E-state index in [2.05, 4.69) is 39.4 Å². The Morgan fingerprint density at radius 3 is 2.76 bits per heavy atom. The Morgan fingerprint density at radius 2 is 2.00 bits per heavy atom. The molecule has 5 heteroatoms. The molecule has 90 valence electrons. The molecule has 3 rings (SSSR count). The fraction of sp³-hybridized carbons (Fsp3) is 0.250. The van der Waals surface area contributed by atoms with Gasteiger partial charge in [-0.15, -0.1) is 12.4 Å². The number of nitrogens with two attached hydrogens (primary N) is 1. The van der Waals surface area contributed by atoms with Gasteiger partial charge in [-0.05, 0) is 18.6 Å². The third-order valence-corrected chi connectivity index (χ3v) is 3.08. The Morgan fingerprint density at radius 1 is 1.24 bits per heavy atom. The smallest absolute Gasteiger partial charge is 0.122 e. The normalized spacial score (nSPS) is 14.0. The second kappa shape index (κ2) is 4.67. The van der Waals surface area contributed by atoms with Crippen molar-refractivity contribution in [3.63, 3.8) is 0 Å². The van der Waals surface area contributed by atoms with Crippen molar-refractivity contribution in [3.05, 3.63) is 41.6 Å². The minimum absolute atomic E-state index is 0. The van der Waals surface area contributed by atoms with Crippen LogP contribution in [-0.4, -0.2) is 16.7 Å². The van der Waals surface area contributed by atoms with Gasteiger partial charge in [-0.2, -0.15) is 5.10 Å². The molecular weight excluding hydrogens is 236 g/mol. The molecule has 2 aromatic rings. The van der Waals surface area contributed by atoms with E-state index in [1.54, 1.807) is 0 Å². The molecule has 1 aliphatic heterocycles. The predicted octanol–water partition coefficient (Wildman–Crippen LogP) is 1.98. The van der Waals surface area contributed by atoms with Gasteiger partial charge in [-0.3, -0.25) is 5.10 Å². The summed E-state index contributed by atoms with van der Waals surface area (Å²) >= 11 is 0. The summed E-state index contributed by atoms with van der Waals surface area (Å²) in [5.41, 5.74) is 9.32. The van der Waals surface area contributed by atoms with Crippen molar-refractivity contribution in [1.82, 2.24) is 10.2 Å². The van der Waals surface area contributed by atoms with Crippen molar-refractivity contribution in [3.8, 4) is 0 Å². The summed E-state index contributed by atoms with van der Waals surface area (Å²) < 4.78 is 0. The number of aromatic amines is 1. The number of para-hydroxylation sites is 1. The first-order chi connectivity index (χ1) is 7.84. The second-order valence-electron chi connectivity index (χ2n) is 4.07. The number of anilines is 2. The number of aromatic nitrogens is 2. The lowest BCUT2D eigenvalue weighted by atomic mass is 10.1. The summed E-state index contributed by atoms with van der Waals surface area (Å²) in [7, 11) is 0. The van der Waals surface area contributed by atoms with Crippen LogP contribution in [0.2, 0.25) is 0 Å². The average Bonchev–Trinajstić information content (AvgIpc) is 2.72. The zero-order valence-electron chi connectivity index (χ0n) is 9.39. The standard InChI is InChI=1S/C12H14N4.ClH/c13-12-10-6-7-16(8-11(10)14-15-12)9-4-2-1-3-5-9;/h1-5H,6-8H2,(H3,13,14,15);1H. The molecule has 0 saturated carbocycles. The molecule has 1 aliphatic rings. The fourth-order valence-electron chi connectivity index (χ4n) is 2.19. The Hall–Kier alpha value is -1.68. The zero-order valence-corrected chi connectivity index (χ0v) is 10.2. The molecule has 0 amide bonds. The lowest BCUT2D eigenvalue weighted by Gasteiger charge is -2.28. The first kappa shape index (κ1) is 11.8. The number of hydrogen-bond acceptors (Lipinski definition) is 3. The molecule has 1 aromatic carbocycles. The summed E-state index contributed by atoms with van der Waals surface area (Å²) in [4.78, 5) is 2.32. The summed E-state index contributed by atoms with van der Waals surface area (Å²) in [6, 6.07) is 10.4. The van der Waals surface area contributed by atoms with E-state index in [4.69, 9.17) is 5.73 Å². The highest BCUT2D eigenvalue weighted by Gasteiger charge is 2.20. The van der Waals surface area contributed by atoms with Crippen molar-refractivity contribution >= 4 is 23.9 Å². The molecule has 0 fully saturated rings. The summed E-state index contributed by atoms with van der Waals surface area (Å²) in [5, 5.41) is 7.09. The van der Waals surface area contributed by atoms with Crippen molar-refractivity contribution < 1.29 is 0 Å². The molecule has 4 nitrogen and oxygen atoms in total. The maximum absolute atomic E-state index is 5.81. The summed E-state index contributed by atoms with van der Waals surface area (Å²) in [5.74, 6) is 0.725. The van der Waals surface area contributed by atoms with E-state index in [0.717, 1.165) is 31.0 Å². The van der Waals surface area contributed by atoms with Gasteiger partial charge < -0.3 is 10.6 Å². The summed E-state index contributed by atoms with van der Waals surface area (Å²) in [6.07, 6.45) is 0.965. The van der Waals surface area contributed by atoms with Crippen LogP contribution >= 0.6 is 12.4 Å². The quantitative estimate of drug-likeness (QED) is 0.814. The van der Waals surface area contributed by atoms with Gasteiger partial charge in [-0.25, -0.2) is 0 Å². The maximum atomic E-state index is 5.81. The van der Waals surface area contributed by atoms with Crippen LogP contribution in [0.15, 0.2) is 30.3 Å². The third kappa shape index (κ3) is 2.08. The van der Waals surface area contributed by atoms with Crippen LogP contribution in [0.4, 0.5) is 11.5 Å². The largest absolute Gasteiger partial charge is 0.384 e. The minimum atomic E-state index is 0. The molecule has 0 saturated heterocycles. The number of rotatable bonds is 1. The predicted molar refractivity (Wildman–Crippen MR) is 71.4 cm³/mol. The van der Waals surface area contributed by atoms with Crippen molar-refractivity contribution in [1.29, 1.82) is 0 Å². The van der Waals surface area contributed by atoms with Gasteiger partial charge in [0.15, 0.2) is 0 Å². The number of nitrogens with one attached hydrogen (secondary N) is 1. The average molecular weight is 251 g/mol. The molecule has 0 unspecified atom stereocenters. The monoisotopic (exact) mass is 250 g/mol. The van der Waals surface area contributed by atoms with Crippen LogP contribution in [0.1, 0.15) is 11.3 Å². The highest BCUT2D eigenvalue weighted by molar-refractivity contribution is 5.85. The van der Waals surface area contributed by atoms with E-state index in [1.807, 2.05) is 6.07 Å². The fourth-order valence-corrected chi connectivity index (χ4v) is 2.19. The van der Waals surface area contributed by atoms with E-state index in [1.165, 1.54) is 11.3 Å². The molecule has 2 heterocycles. The minimum Gasteiger partial charge on any atom is -0.384 e. The lowest BCUT2D eigenvalue weighted by Crippen LogP contribution is -2.30. The van der Waals surface area contributed by atoms with Gasteiger partial charge in [0.1, 0.15) is 5.82 Å². The van der Waals surface area contributed by atoms with Crippen LogP contribution in [0, 0.1) is 0 Å². The number of nitrogen functional groups attached to an aromatic ring is 1. The van der Waals surface area contributed by atoms with E-state index >= 15 is 0 Å². The van der Waals surface area contributed by atoms with Crippen LogP contribution in [0.5, 0.6) is 0 Å². The van der Waals surface area contributed by atoms with Crippen LogP contribution in [0.3, 0.4) is 0 Å². The number of fused-ring (bicyclic) bond motifs is 1. The van der Waals surface area contributed by atoms with Crippen molar-refractivity contribution in [2.24, 2.45) is 0 Å². The van der Waals surface area contributed by atoms with Crippen molar-refractivity contribution in [2.45, 2.75) is 13.0 Å². The molecule has 0 spiro atoms. The molecule has 17 heavy (non-hydrogen) atoms. The highest BCUT2D eigenvalue weighted by Crippen LogP contribution is 2.25. The molecule has 1 aromatic heterocycles. The van der Waals surface area contributed by atoms with Crippen LogP contribution in [0.25, 0.3) is 0 Å². The number of H-pyrrole nitrogens is 1. The van der Waals surface area contributed by atoms with Crippen LogP contribution in [-0.2, 0) is 13.0 Å². The molecule has 0 atom stereocenters. The third-order valence-electron chi connectivity index (χ3n) is 3.08. The zero-order chi connectivity index (χ0) is 11.0. The van der Waals surface area contributed by atoms with E-state index in [9.17, 15) is 0 Å². The number of halogens is 1. The Balaban J connectivity index is 0.00000108. The van der Waals surface area contributed by atoms with E-state index < -0.39 is 0 Å². The highest BCUT2D eigenvalue weighted by atomic mass is 35.5. The Labute approximate surface area is 106 Å². The van der Waals surface area contributed by atoms with E-state index in [-0.39, 0.29) is 12.4 Å². The Kier molecular flexibility index (Phi) is 3.24. The number of hydrogen-bond donors (Lipinski definition) is 2. The number of benzene rings is 1. The number of nitrogens with zero attached hydrogens (tertiary/aromatic N) is 2. The molecule has 0 radical (unpaired) electrons. The molecule has 0 bridgehead atoms. The van der Waals surface area contributed by atoms with E-state index in [0.29, 0.717) is 0 Å². The van der Waals surface area contributed by atoms with Crippen LogP contribution < -0.4 is 10.6 Å². The second-order valence-corrected chi connectivity index (χ2v) is 4.07. The van der Waals surface area contributed by atoms with Gasteiger partial charge in [0.25, 0.3) is 0 Å². The lowest BCUT2D eigenvalue weighted by molar-refractivity contribution is 0.718. The topological polar surface area (TPSA) is 57.9 Å². The van der Waals surface area contributed by atoms with Crippen molar-refractivity contribution in [2.75, 3.05) is 17.2 Å². The van der Waals surface area contributed by atoms with Gasteiger partial charge >= 0.3 is 0 Å². The van der Waals surface area contributed by atoms with Gasteiger partial charge in [-0.1, -0.05) is 18.2 Å². The first-order valence-electron chi connectivity index (χ1n) is 5.46.